The Morgan fingerprint density at radius 2 is 1.64 bits per heavy atom. The molecule has 6 unspecified atom stereocenters. The molecule has 0 saturated heterocycles. The van der Waals surface area contributed by atoms with Crippen LogP contribution in [0, 0.1) is 40.4 Å². The topological polar surface area (TPSA) is 20.2 Å². The van der Waals surface area contributed by atoms with Gasteiger partial charge in [-0.05, 0) is 98.2 Å². The number of fused-ring (bicyclic) bond motifs is 5. The highest BCUT2D eigenvalue weighted by Crippen LogP contribution is 2.67. The zero-order chi connectivity index (χ0) is 15.4. The second-order valence-electron chi connectivity index (χ2n) is 9.73. The van der Waals surface area contributed by atoms with Crippen LogP contribution < -0.4 is 0 Å². The first-order chi connectivity index (χ1) is 10.6. The van der Waals surface area contributed by atoms with Crippen molar-refractivity contribution in [2.24, 2.45) is 40.4 Å². The average Bonchev–Trinajstić information content (AvgIpc) is 2.84. The predicted molar refractivity (Wildman–Crippen MR) is 91.5 cm³/mol. The minimum Gasteiger partial charge on any atom is -0.396 e. The van der Waals surface area contributed by atoms with Gasteiger partial charge in [-0.3, -0.25) is 0 Å². The van der Waals surface area contributed by atoms with Crippen molar-refractivity contribution in [3.8, 4) is 0 Å². The molecule has 0 amide bonds. The lowest BCUT2D eigenvalue weighted by Gasteiger charge is -2.60. The summed E-state index contributed by atoms with van der Waals surface area (Å²) in [6.07, 6.45) is 15.9. The Morgan fingerprint density at radius 1 is 0.818 bits per heavy atom. The molecule has 1 nitrogen and oxygen atoms in total. The third-order valence-corrected chi connectivity index (χ3v) is 9.26. The second kappa shape index (κ2) is 5.50. The van der Waals surface area contributed by atoms with E-state index >= 15 is 0 Å². The van der Waals surface area contributed by atoms with Crippen molar-refractivity contribution in [1.82, 2.24) is 0 Å². The zero-order valence-corrected chi connectivity index (χ0v) is 14.8. The summed E-state index contributed by atoms with van der Waals surface area (Å²) >= 11 is 0. The van der Waals surface area contributed by atoms with Gasteiger partial charge >= 0.3 is 0 Å². The van der Waals surface area contributed by atoms with Crippen molar-refractivity contribution >= 4 is 0 Å². The van der Waals surface area contributed by atoms with Gasteiger partial charge in [0.1, 0.15) is 0 Å². The van der Waals surface area contributed by atoms with Gasteiger partial charge in [0.25, 0.3) is 0 Å². The van der Waals surface area contributed by atoms with Crippen molar-refractivity contribution in [3.05, 3.63) is 0 Å². The maximum atomic E-state index is 9.46. The van der Waals surface area contributed by atoms with Crippen molar-refractivity contribution in [1.29, 1.82) is 0 Å². The summed E-state index contributed by atoms with van der Waals surface area (Å²) in [7, 11) is 0. The van der Waals surface area contributed by atoms with Crippen LogP contribution in [-0.4, -0.2) is 11.7 Å². The first kappa shape index (κ1) is 15.5. The maximum Gasteiger partial charge on any atom is 0.0433 e. The smallest absolute Gasteiger partial charge is 0.0433 e. The van der Waals surface area contributed by atoms with Crippen LogP contribution in [0.15, 0.2) is 0 Å². The summed E-state index contributed by atoms with van der Waals surface area (Å²) in [5.41, 5.74) is 1.24. The molecule has 22 heavy (non-hydrogen) atoms. The number of rotatable bonds is 2. The highest BCUT2D eigenvalue weighted by molar-refractivity contribution is 5.08. The van der Waals surface area contributed by atoms with Crippen LogP contribution in [0.3, 0.4) is 0 Å². The molecule has 1 N–H and O–H groups in total. The molecule has 4 aliphatic rings. The third-order valence-electron chi connectivity index (χ3n) is 9.26. The lowest BCUT2D eigenvalue weighted by Crippen LogP contribution is -2.52. The standard InChI is InChI=1S/C21H36O/c1-20-12-4-3-5-15(20)6-8-17-18-9-7-16(11-14-22)21(18,2)13-10-19(17)20/h15-19,22H,3-14H2,1-2H3/t15?,16-,17?,18?,19?,20?,21?/m1/s1. The predicted octanol–water partition coefficient (Wildman–Crippen LogP) is 5.42. The fourth-order valence-corrected chi connectivity index (χ4v) is 8.03. The molecule has 4 rings (SSSR count). The Hall–Kier alpha value is -0.0400. The molecule has 0 aliphatic heterocycles. The molecular weight excluding hydrogens is 268 g/mol. The van der Waals surface area contributed by atoms with Crippen molar-refractivity contribution in [2.75, 3.05) is 6.61 Å². The second-order valence-corrected chi connectivity index (χ2v) is 9.73. The van der Waals surface area contributed by atoms with Gasteiger partial charge in [0, 0.05) is 6.61 Å². The molecule has 0 bridgehead atoms. The molecule has 4 aliphatic carbocycles. The molecule has 0 spiro atoms. The van der Waals surface area contributed by atoms with Crippen LogP contribution in [-0.2, 0) is 0 Å². The van der Waals surface area contributed by atoms with Crippen molar-refractivity contribution in [3.63, 3.8) is 0 Å². The highest BCUT2D eigenvalue weighted by atomic mass is 16.3. The summed E-state index contributed by atoms with van der Waals surface area (Å²) in [6.45, 7) is 5.67. The molecule has 0 aromatic heterocycles. The molecule has 4 saturated carbocycles. The first-order valence-electron chi connectivity index (χ1n) is 10.2. The Labute approximate surface area is 137 Å². The van der Waals surface area contributed by atoms with Gasteiger partial charge in [0.05, 0.1) is 0 Å². The van der Waals surface area contributed by atoms with E-state index in [0.29, 0.717) is 17.4 Å². The van der Waals surface area contributed by atoms with Crippen LogP contribution in [0.1, 0.15) is 84.5 Å². The van der Waals surface area contributed by atoms with E-state index in [0.717, 1.165) is 36.0 Å². The summed E-state index contributed by atoms with van der Waals surface area (Å²) in [5, 5.41) is 9.46. The molecule has 0 aromatic carbocycles. The summed E-state index contributed by atoms with van der Waals surface area (Å²) < 4.78 is 0. The number of hydrogen-bond acceptors (Lipinski definition) is 1. The Bertz CT molecular complexity index is 418. The summed E-state index contributed by atoms with van der Waals surface area (Å²) in [6, 6.07) is 0. The van der Waals surface area contributed by atoms with Gasteiger partial charge in [-0.15, -0.1) is 0 Å². The average molecular weight is 305 g/mol. The largest absolute Gasteiger partial charge is 0.396 e. The monoisotopic (exact) mass is 304 g/mol. The lowest BCUT2D eigenvalue weighted by molar-refractivity contribution is -0.111. The van der Waals surface area contributed by atoms with E-state index < -0.39 is 0 Å². The van der Waals surface area contributed by atoms with Crippen LogP contribution in [0.4, 0.5) is 0 Å². The van der Waals surface area contributed by atoms with E-state index in [1.165, 1.54) is 64.2 Å². The molecule has 0 heterocycles. The molecule has 0 radical (unpaired) electrons. The van der Waals surface area contributed by atoms with Gasteiger partial charge in [0.15, 0.2) is 0 Å². The van der Waals surface area contributed by atoms with E-state index in [1.54, 1.807) is 0 Å². The Balaban J connectivity index is 1.59. The Kier molecular flexibility index (Phi) is 3.87. The van der Waals surface area contributed by atoms with E-state index in [-0.39, 0.29) is 0 Å². The number of aliphatic hydroxyl groups is 1. The fourth-order valence-electron chi connectivity index (χ4n) is 8.03. The minimum atomic E-state index is 0.404. The first-order valence-corrected chi connectivity index (χ1v) is 10.2. The quantitative estimate of drug-likeness (QED) is 0.722. The van der Waals surface area contributed by atoms with E-state index in [4.69, 9.17) is 0 Å². The molecule has 126 valence electrons. The van der Waals surface area contributed by atoms with E-state index in [9.17, 15) is 5.11 Å². The van der Waals surface area contributed by atoms with E-state index in [1.807, 2.05) is 0 Å². The Morgan fingerprint density at radius 3 is 2.45 bits per heavy atom. The number of hydrogen-bond donors (Lipinski definition) is 1. The van der Waals surface area contributed by atoms with Crippen LogP contribution in [0.25, 0.3) is 0 Å². The fraction of sp³-hybridized carbons (Fsp3) is 1.00. The molecule has 4 fully saturated rings. The van der Waals surface area contributed by atoms with Gasteiger partial charge in [0.2, 0.25) is 0 Å². The van der Waals surface area contributed by atoms with Crippen LogP contribution >= 0.6 is 0 Å². The highest BCUT2D eigenvalue weighted by Gasteiger charge is 2.59. The zero-order valence-electron chi connectivity index (χ0n) is 14.8. The van der Waals surface area contributed by atoms with Crippen LogP contribution in [0.5, 0.6) is 0 Å². The molecular formula is C21H36O. The normalized spacial score (nSPS) is 54.4. The van der Waals surface area contributed by atoms with Crippen molar-refractivity contribution in [2.45, 2.75) is 84.5 Å². The van der Waals surface area contributed by atoms with Gasteiger partial charge in [-0.25, -0.2) is 0 Å². The van der Waals surface area contributed by atoms with Crippen LogP contribution in [0.2, 0.25) is 0 Å². The van der Waals surface area contributed by atoms with Crippen molar-refractivity contribution < 1.29 is 5.11 Å². The molecule has 7 atom stereocenters. The number of aliphatic hydroxyl groups excluding tert-OH is 1. The van der Waals surface area contributed by atoms with E-state index in [2.05, 4.69) is 13.8 Å². The SMILES string of the molecule is CC12CCCCC1CCC1C2CCC2(C)C1CC[C@@H]2CCO. The molecule has 1 heteroatoms. The van der Waals surface area contributed by atoms with Gasteiger partial charge < -0.3 is 5.11 Å². The lowest BCUT2D eigenvalue weighted by atomic mass is 9.45. The minimum absolute atomic E-state index is 0.404. The third kappa shape index (κ3) is 2.06. The van der Waals surface area contributed by atoms with Gasteiger partial charge in [-0.2, -0.15) is 0 Å². The molecule has 0 aromatic rings. The summed E-state index contributed by atoms with van der Waals surface area (Å²) in [5.74, 6) is 4.86. The maximum absolute atomic E-state index is 9.46. The summed E-state index contributed by atoms with van der Waals surface area (Å²) in [4.78, 5) is 0. The van der Waals surface area contributed by atoms with Gasteiger partial charge in [-0.1, -0.05) is 26.7 Å².